The van der Waals surface area contributed by atoms with Gasteiger partial charge in [-0.25, -0.2) is 0 Å². The van der Waals surface area contributed by atoms with Crippen LogP contribution in [0, 0.1) is 0 Å². The van der Waals surface area contributed by atoms with Crippen LogP contribution in [-0.2, 0) is 15.0 Å². The van der Waals surface area contributed by atoms with Crippen molar-refractivity contribution in [2.75, 3.05) is 32.7 Å². The van der Waals surface area contributed by atoms with Gasteiger partial charge in [0.2, 0.25) is 12.3 Å². The Bertz CT molecular complexity index is 597. The van der Waals surface area contributed by atoms with E-state index in [2.05, 4.69) is 26.1 Å². The fraction of sp³-hybridized carbons (Fsp3) is 0.500. The van der Waals surface area contributed by atoms with Crippen molar-refractivity contribution < 1.29 is 14.4 Å². The summed E-state index contributed by atoms with van der Waals surface area (Å²) in [5.41, 5.74) is 1.74. The minimum atomic E-state index is -0.254. The van der Waals surface area contributed by atoms with Crippen molar-refractivity contribution in [2.45, 2.75) is 26.2 Å². The first kappa shape index (κ1) is 18.0. The molecule has 130 valence electrons. The van der Waals surface area contributed by atoms with Crippen molar-refractivity contribution in [3.63, 3.8) is 0 Å². The van der Waals surface area contributed by atoms with Gasteiger partial charge in [0, 0.05) is 31.7 Å². The number of benzene rings is 1. The molecule has 0 aromatic heterocycles. The number of hydrogen-bond acceptors (Lipinski definition) is 3. The zero-order valence-electron chi connectivity index (χ0n) is 14.5. The van der Waals surface area contributed by atoms with E-state index in [1.165, 1.54) is 0 Å². The molecule has 1 aromatic rings. The van der Waals surface area contributed by atoms with Gasteiger partial charge in [0.15, 0.2) is 0 Å². The lowest BCUT2D eigenvalue weighted by Crippen LogP contribution is -2.50. The van der Waals surface area contributed by atoms with E-state index in [0.29, 0.717) is 31.7 Å². The van der Waals surface area contributed by atoms with E-state index in [0.717, 1.165) is 12.0 Å². The van der Waals surface area contributed by atoms with Gasteiger partial charge in [-0.2, -0.15) is 0 Å². The summed E-state index contributed by atoms with van der Waals surface area (Å²) in [7, 11) is 0. The summed E-state index contributed by atoms with van der Waals surface area (Å²) in [6.07, 6.45) is 0.796. The fourth-order valence-corrected chi connectivity index (χ4v) is 2.57. The highest BCUT2D eigenvalue weighted by Crippen LogP contribution is 2.22. The van der Waals surface area contributed by atoms with Gasteiger partial charge in [-0.15, -0.1) is 0 Å². The average molecular weight is 331 g/mol. The monoisotopic (exact) mass is 331 g/mol. The summed E-state index contributed by atoms with van der Waals surface area (Å²) in [6.45, 7) is 8.42. The van der Waals surface area contributed by atoms with E-state index >= 15 is 0 Å². The minimum absolute atomic E-state index is 0.0268. The molecular formula is C18H25N3O3. The van der Waals surface area contributed by atoms with Crippen LogP contribution in [0.2, 0.25) is 0 Å². The van der Waals surface area contributed by atoms with Crippen LogP contribution in [0.15, 0.2) is 24.3 Å². The molecule has 2 rings (SSSR count). The molecule has 24 heavy (non-hydrogen) atoms. The Morgan fingerprint density at radius 2 is 1.67 bits per heavy atom. The van der Waals surface area contributed by atoms with Crippen molar-refractivity contribution in [1.29, 1.82) is 0 Å². The maximum absolute atomic E-state index is 12.2. The first-order valence-corrected chi connectivity index (χ1v) is 8.17. The lowest BCUT2D eigenvalue weighted by Gasteiger charge is -2.32. The third-order valence-corrected chi connectivity index (χ3v) is 4.23. The molecule has 0 atom stereocenters. The number of hydrogen-bond donors (Lipinski definition) is 1. The standard InChI is InChI=1S/C18H25N3O3/c1-18(2,3)15-6-4-14(5-7-15)17(24)19-12-16(23)21-10-8-20(13-22)9-11-21/h4-7,13H,8-12H2,1-3H3,(H,19,24). The third-order valence-electron chi connectivity index (χ3n) is 4.23. The highest BCUT2D eigenvalue weighted by Gasteiger charge is 2.20. The van der Waals surface area contributed by atoms with Crippen LogP contribution in [0.5, 0.6) is 0 Å². The number of rotatable bonds is 4. The molecular weight excluding hydrogens is 306 g/mol. The summed E-state index contributed by atoms with van der Waals surface area (Å²) in [5, 5.41) is 2.67. The Morgan fingerprint density at radius 1 is 1.08 bits per heavy atom. The van der Waals surface area contributed by atoms with Gasteiger partial charge >= 0.3 is 0 Å². The van der Waals surface area contributed by atoms with Crippen LogP contribution in [0.3, 0.4) is 0 Å². The topological polar surface area (TPSA) is 69.7 Å². The molecule has 0 spiro atoms. The molecule has 0 unspecified atom stereocenters. The fourth-order valence-electron chi connectivity index (χ4n) is 2.57. The molecule has 3 amide bonds. The molecule has 1 aliphatic rings. The number of nitrogens with zero attached hydrogens (tertiary/aromatic N) is 2. The summed E-state index contributed by atoms with van der Waals surface area (Å²) in [4.78, 5) is 38.2. The second-order valence-corrected chi connectivity index (χ2v) is 7.03. The van der Waals surface area contributed by atoms with Gasteiger partial charge < -0.3 is 15.1 Å². The number of piperazine rings is 1. The highest BCUT2D eigenvalue weighted by atomic mass is 16.2. The maximum Gasteiger partial charge on any atom is 0.251 e. The number of carbonyl (C=O) groups is 3. The van der Waals surface area contributed by atoms with Crippen molar-refractivity contribution >= 4 is 18.2 Å². The second-order valence-electron chi connectivity index (χ2n) is 7.03. The average Bonchev–Trinajstić information content (AvgIpc) is 2.58. The molecule has 1 aromatic carbocycles. The molecule has 1 aliphatic heterocycles. The van der Waals surface area contributed by atoms with Crippen LogP contribution in [-0.4, -0.2) is 60.7 Å². The third kappa shape index (κ3) is 4.57. The zero-order chi connectivity index (χ0) is 17.7. The van der Waals surface area contributed by atoms with Crippen LogP contribution in [0.25, 0.3) is 0 Å². The molecule has 1 fully saturated rings. The van der Waals surface area contributed by atoms with Crippen molar-refractivity contribution in [1.82, 2.24) is 15.1 Å². The lowest BCUT2D eigenvalue weighted by atomic mass is 9.87. The van der Waals surface area contributed by atoms with Gasteiger partial charge in [-0.3, -0.25) is 14.4 Å². The zero-order valence-corrected chi connectivity index (χ0v) is 14.5. The molecule has 0 radical (unpaired) electrons. The largest absolute Gasteiger partial charge is 0.343 e. The molecule has 1 heterocycles. The van der Waals surface area contributed by atoms with Gasteiger partial charge in [-0.05, 0) is 23.1 Å². The quantitative estimate of drug-likeness (QED) is 0.837. The summed E-state index contributed by atoms with van der Waals surface area (Å²) in [6, 6.07) is 7.44. The predicted octanol–water partition coefficient (Wildman–Crippen LogP) is 1.01. The van der Waals surface area contributed by atoms with Gasteiger partial charge in [0.25, 0.3) is 5.91 Å². The van der Waals surface area contributed by atoms with E-state index in [1.54, 1.807) is 21.9 Å². The van der Waals surface area contributed by atoms with Crippen molar-refractivity contribution in [3.05, 3.63) is 35.4 Å². The smallest absolute Gasteiger partial charge is 0.251 e. The Kier molecular flexibility index (Phi) is 5.59. The maximum atomic E-state index is 12.2. The van der Waals surface area contributed by atoms with E-state index < -0.39 is 0 Å². The normalized spacial score (nSPS) is 15.1. The SMILES string of the molecule is CC(C)(C)c1ccc(C(=O)NCC(=O)N2CCN(C=O)CC2)cc1. The van der Waals surface area contributed by atoms with Gasteiger partial charge in [-0.1, -0.05) is 32.9 Å². The molecule has 1 N–H and O–H groups in total. The number of nitrogens with one attached hydrogen (secondary N) is 1. The summed E-state index contributed by atoms with van der Waals surface area (Å²) >= 11 is 0. The predicted molar refractivity (Wildman–Crippen MR) is 91.7 cm³/mol. The van der Waals surface area contributed by atoms with Gasteiger partial charge in [0.1, 0.15) is 0 Å². The molecule has 0 aliphatic carbocycles. The number of amides is 3. The molecule has 6 nitrogen and oxygen atoms in total. The highest BCUT2D eigenvalue weighted by molar-refractivity contribution is 5.96. The Balaban J connectivity index is 1.84. The Morgan fingerprint density at radius 3 is 2.17 bits per heavy atom. The van der Waals surface area contributed by atoms with E-state index in [9.17, 15) is 14.4 Å². The molecule has 6 heteroatoms. The van der Waals surface area contributed by atoms with Crippen molar-refractivity contribution in [2.24, 2.45) is 0 Å². The summed E-state index contributed by atoms with van der Waals surface area (Å²) < 4.78 is 0. The first-order chi connectivity index (χ1) is 11.3. The van der Waals surface area contributed by atoms with Crippen LogP contribution < -0.4 is 5.32 Å². The lowest BCUT2D eigenvalue weighted by molar-refractivity contribution is -0.134. The number of carbonyl (C=O) groups excluding carboxylic acids is 3. The van der Waals surface area contributed by atoms with E-state index in [1.807, 2.05) is 12.1 Å². The van der Waals surface area contributed by atoms with E-state index in [-0.39, 0.29) is 23.8 Å². The summed E-state index contributed by atoms with van der Waals surface area (Å²) in [5.74, 6) is -0.379. The second kappa shape index (κ2) is 7.47. The van der Waals surface area contributed by atoms with Crippen LogP contribution >= 0.6 is 0 Å². The van der Waals surface area contributed by atoms with Crippen LogP contribution in [0.1, 0.15) is 36.7 Å². The molecule has 0 bridgehead atoms. The Labute approximate surface area is 142 Å². The van der Waals surface area contributed by atoms with Crippen molar-refractivity contribution in [3.8, 4) is 0 Å². The molecule has 1 saturated heterocycles. The Hall–Kier alpha value is -2.37. The van der Waals surface area contributed by atoms with Crippen LogP contribution in [0.4, 0.5) is 0 Å². The van der Waals surface area contributed by atoms with Gasteiger partial charge in [0.05, 0.1) is 6.54 Å². The minimum Gasteiger partial charge on any atom is -0.343 e. The molecule has 0 saturated carbocycles. The van der Waals surface area contributed by atoms with E-state index in [4.69, 9.17) is 0 Å². The first-order valence-electron chi connectivity index (χ1n) is 8.17.